The maximum Gasteiger partial charge on any atom is 0.320 e. The SMILES string of the molecule is CNC(=O)CN(C)C(=O)N1CCCCC1. The number of hydrogen-bond acceptors (Lipinski definition) is 2. The number of rotatable bonds is 2. The second-order valence-electron chi connectivity index (χ2n) is 3.86. The van der Waals surface area contributed by atoms with Crippen LogP contribution in [0.5, 0.6) is 0 Å². The number of likely N-dealkylation sites (N-methyl/N-ethyl adjacent to an activating group) is 2. The molecule has 0 aromatic rings. The highest BCUT2D eigenvalue weighted by atomic mass is 16.2. The summed E-state index contributed by atoms with van der Waals surface area (Å²) in [5, 5.41) is 2.50. The van der Waals surface area contributed by atoms with Crippen LogP contribution in [0, 0.1) is 0 Å². The number of likely N-dealkylation sites (tertiary alicyclic amines) is 1. The number of carbonyl (C=O) groups excluding carboxylic acids is 2. The van der Waals surface area contributed by atoms with Gasteiger partial charge in [-0.1, -0.05) is 0 Å². The maximum atomic E-state index is 11.8. The zero-order valence-electron chi connectivity index (χ0n) is 9.45. The summed E-state index contributed by atoms with van der Waals surface area (Å²) in [5.41, 5.74) is 0. The van der Waals surface area contributed by atoms with E-state index >= 15 is 0 Å². The monoisotopic (exact) mass is 213 g/mol. The van der Waals surface area contributed by atoms with Gasteiger partial charge in [-0.25, -0.2) is 4.79 Å². The number of nitrogens with zero attached hydrogens (tertiary/aromatic N) is 2. The molecule has 15 heavy (non-hydrogen) atoms. The topological polar surface area (TPSA) is 52.7 Å². The first kappa shape index (κ1) is 11.8. The van der Waals surface area contributed by atoms with Gasteiger partial charge >= 0.3 is 6.03 Å². The molecule has 0 unspecified atom stereocenters. The van der Waals surface area contributed by atoms with E-state index in [0.29, 0.717) is 0 Å². The van der Waals surface area contributed by atoms with Crippen LogP contribution in [0.4, 0.5) is 4.79 Å². The highest BCUT2D eigenvalue weighted by Gasteiger charge is 2.20. The van der Waals surface area contributed by atoms with Gasteiger partial charge in [-0.15, -0.1) is 0 Å². The fourth-order valence-electron chi connectivity index (χ4n) is 1.69. The molecule has 1 fully saturated rings. The van der Waals surface area contributed by atoms with Crippen LogP contribution in [0.2, 0.25) is 0 Å². The molecule has 0 aromatic carbocycles. The van der Waals surface area contributed by atoms with Gasteiger partial charge in [-0.2, -0.15) is 0 Å². The third-order valence-corrected chi connectivity index (χ3v) is 2.61. The van der Waals surface area contributed by atoms with Crippen molar-refractivity contribution in [2.45, 2.75) is 19.3 Å². The molecule has 0 aliphatic carbocycles. The minimum absolute atomic E-state index is 0.0432. The Morgan fingerprint density at radius 1 is 1.27 bits per heavy atom. The largest absolute Gasteiger partial charge is 0.358 e. The molecule has 0 spiro atoms. The molecule has 1 heterocycles. The molecule has 3 amide bonds. The van der Waals surface area contributed by atoms with E-state index in [0.717, 1.165) is 25.9 Å². The summed E-state index contributed by atoms with van der Waals surface area (Å²) in [7, 11) is 3.23. The van der Waals surface area contributed by atoms with E-state index in [2.05, 4.69) is 5.32 Å². The van der Waals surface area contributed by atoms with Crippen LogP contribution in [0.25, 0.3) is 0 Å². The van der Waals surface area contributed by atoms with Gasteiger partial charge in [0.1, 0.15) is 6.54 Å². The Morgan fingerprint density at radius 2 is 1.87 bits per heavy atom. The molecule has 5 nitrogen and oxygen atoms in total. The Morgan fingerprint density at radius 3 is 2.40 bits per heavy atom. The molecule has 0 saturated carbocycles. The number of amides is 3. The van der Waals surface area contributed by atoms with Crippen LogP contribution in [-0.4, -0.2) is 55.5 Å². The number of carbonyl (C=O) groups is 2. The Bertz CT molecular complexity index is 237. The average Bonchev–Trinajstić information content (AvgIpc) is 2.29. The van der Waals surface area contributed by atoms with Crippen molar-refractivity contribution in [1.29, 1.82) is 0 Å². The lowest BCUT2D eigenvalue weighted by Crippen LogP contribution is -2.46. The smallest absolute Gasteiger partial charge is 0.320 e. The quantitative estimate of drug-likeness (QED) is 0.716. The molecule has 1 rings (SSSR count). The maximum absolute atomic E-state index is 11.8. The molecule has 86 valence electrons. The fraction of sp³-hybridized carbons (Fsp3) is 0.800. The third-order valence-electron chi connectivity index (χ3n) is 2.61. The van der Waals surface area contributed by atoms with Crippen LogP contribution in [0.15, 0.2) is 0 Å². The van der Waals surface area contributed by atoms with Gasteiger partial charge in [0.25, 0.3) is 0 Å². The molecular weight excluding hydrogens is 194 g/mol. The van der Waals surface area contributed by atoms with Gasteiger partial charge < -0.3 is 15.1 Å². The Hall–Kier alpha value is -1.26. The van der Waals surface area contributed by atoms with E-state index in [1.807, 2.05) is 4.90 Å². The summed E-state index contributed by atoms with van der Waals surface area (Å²) < 4.78 is 0. The summed E-state index contributed by atoms with van der Waals surface area (Å²) in [5.74, 6) is -0.136. The van der Waals surface area contributed by atoms with E-state index in [1.54, 1.807) is 14.1 Å². The molecule has 1 saturated heterocycles. The highest BCUT2D eigenvalue weighted by Crippen LogP contribution is 2.10. The molecule has 0 aromatic heterocycles. The zero-order chi connectivity index (χ0) is 11.3. The van der Waals surface area contributed by atoms with E-state index in [4.69, 9.17) is 0 Å². The molecule has 1 aliphatic heterocycles. The van der Waals surface area contributed by atoms with Crippen molar-refractivity contribution in [3.05, 3.63) is 0 Å². The van der Waals surface area contributed by atoms with Crippen LogP contribution in [-0.2, 0) is 4.79 Å². The van der Waals surface area contributed by atoms with Crippen LogP contribution < -0.4 is 5.32 Å². The minimum Gasteiger partial charge on any atom is -0.358 e. The summed E-state index contributed by atoms with van der Waals surface area (Å²) in [6.07, 6.45) is 3.34. The molecule has 0 radical (unpaired) electrons. The fourth-order valence-corrected chi connectivity index (χ4v) is 1.69. The lowest BCUT2D eigenvalue weighted by molar-refractivity contribution is -0.121. The Labute approximate surface area is 90.4 Å². The Balaban J connectivity index is 2.40. The van der Waals surface area contributed by atoms with Crippen molar-refractivity contribution >= 4 is 11.9 Å². The van der Waals surface area contributed by atoms with Crippen molar-refractivity contribution in [2.24, 2.45) is 0 Å². The van der Waals surface area contributed by atoms with Crippen LogP contribution >= 0.6 is 0 Å². The van der Waals surface area contributed by atoms with Crippen molar-refractivity contribution in [3.8, 4) is 0 Å². The van der Waals surface area contributed by atoms with Crippen molar-refractivity contribution < 1.29 is 9.59 Å². The number of hydrogen-bond donors (Lipinski definition) is 1. The zero-order valence-corrected chi connectivity index (χ0v) is 9.45. The number of nitrogens with one attached hydrogen (secondary N) is 1. The van der Waals surface area contributed by atoms with E-state index < -0.39 is 0 Å². The van der Waals surface area contributed by atoms with Gasteiger partial charge in [0.2, 0.25) is 5.91 Å². The number of urea groups is 1. The molecule has 1 N–H and O–H groups in total. The first-order valence-corrected chi connectivity index (χ1v) is 5.35. The normalized spacial score (nSPS) is 16.0. The molecular formula is C10H19N3O2. The minimum atomic E-state index is -0.136. The van der Waals surface area contributed by atoms with E-state index in [9.17, 15) is 9.59 Å². The van der Waals surface area contributed by atoms with Gasteiger partial charge in [-0.3, -0.25) is 4.79 Å². The van der Waals surface area contributed by atoms with Gasteiger partial charge in [-0.05, 0) is 19.3 Å². The highest BCUT2D eigenvalue weighted by molar-refractivity contribution is 5.83. The van der Waals surface area contributed by atoms with Crippen LogP contribution in [0.3, 0.4) is 0 Å². The van der Waals surface area contributed by atoms with Gasteiger partial charge in [0.05, 0.1) is 0 Å². The van der Waals surface area contributed by atoms with Gasteiger partial charge in [0, 0.05) is 27.2 Å². The van der Waals surface area contributed by atoms with E-state index in [1.165, 1.54) is 11.3 Å². The predicted molar refractivity (Wildman–Crippen MR) is 57.5 cm³/mol. The lowest BCUT2D eigenvalue weighted by Gasteiger charge is -2.30. The molecule has 0 bridgehead atoms. The summed E-state index contributed by atoms with van der Waals surface area (Å²) in [6, 6.07) is -0.0432. The summed E-state index contributed by atoms with van der Waals surface area (Å²) in [4.78, 5) is 26.2. The third kappa shape index (κ3) is 3.42. The predicted octanol–water partition coefficient (Wildman–Crippen LogP) is 0.270. The van der Waals surface area contributed by atoms with Gasteiger partial charge in [0.15, 0.2) is 0 Å². The first-order valence-electron chi connectivity index (χ1n) is 5.35. The average molecular weight is 213 g/mol. The first-order chi connectivity index (χ1) is 7.15. The van der Waals surface area contributed by atoms with Crippen LogP contribution in [0.1, 0.15) is 19.3 Å². The standard InChI is InChI=1S/C10H19N3O2/c1-11-9(14)8-12(2)10(15)13-6-4-3-5-7-13/h3-8H2,1-2H3,(H,11,14). The summed E-state index contributed by atoms with van der Waals surface area (Å²) >= 11 is 0. The lowest BCUT2D eigenvalue weighted by atomic mass is 10.1. The second-order valence-corrected chi connectivity index (χ2v) is 3.86. The van der Waals surface area contributed by atoms with E-state index in [-0.39, 0.29) is 18.5 Å². The molecule has 0 atom stereocenters. The Kier molecular flexibility index (Phi) is 4.39. The number of piperidine rings is 1. The molecule has 5 heteroatoms. The van der Waals surface area contributed by atoms with Crippen molar-refractivity contribution in [2.75, 3.05) is 33.7 Å². The van der Waals surface area contributed by atoms with Crippen molar-refractivity contribution in [3.63, 3.8) is 0 Å². The summed E-state index contributed by atoms with van der Waals surface area (Å²) in [6.45, 7) is 1.76. The second kappa shape index (κ2) is 5.58. The van der Waals surface area contributed by atoms with Crippen molar-refractivity contribution in [1.82, 2.24) is 15.1 Å². The molecule has 1 aliphatic rings.